The minimum Gasteiger partial charge on any atom is -1.00 e. The molecule has 0 aliphatic rings. The first-order valence-corrected chi connectivity index (χ1v) is 4.85. The van der Waals surface area contributed by atoms with Crippen molar-refractivity contribution in [3.8, 4) is 0 Å². The predicted molar refractivity (Wildman–Crippen MR) is 56.5 cm³/mol. The quantitative estimate of drug-likeness (QED) is 0.396. The van der Waals surface area contributed by atoms with E-state index in [2.05, 4.69) is 32.8 Å². The molecule has 0 N–H and O–H groups in total. The summed E-state index contributed by atoms with van der Waals surface area (Å²) in [5, 5.41) is 0. The highest BCUT2D eigenvalue weighted by Crippen LogP contribution is 2.24. The van der Waals surface area contributed by atoms with Gasteiger partial charge in [0, 0.05) is 0 Å². The number of halogens is 1. The highest BCUT2D eigenvalue weighted by molar-refractivity contribution is 5.86. The first kappa shape index (κ1) is 15.4. The second-order valence-electron chi connectivity index (χ2n) is 4.49. The topological polar surface area (TPSA) is 39.4 Å². The van der Waals surface area contributed by atoms with Gasteiger partial charge in [-0.25, -0.2) is 4.79 Å². The lowest BCUT2D eigenvalue weighted by Crippen LogP contribution is -3.00. The minimum atomic E-state index is -0.435. The summed E-state index contributed by atoms with van der Waals surface area (Å²) in [5.41, 5.74) is 0. The molecule has 1 rings (SSSR count). The van der Waals surface area contributed by atoms with Gasteiger partial charge in [-0.05, 0) is 19.1 Å². The maximum Gasteiger partial charge on any atom is 0.373 e. The summed E-state index contributed by atoms with van der Waals surface area (Å²) in [4.78, 5) is 11.2. The number of hydrogen-bond donors (Lipinski definition) is 0. The molecule has 0 radical (unpaired) electrons. The molecule has 0 fully saturated rings. The summed E-state index contributed by atoms with van der Waals surface area (Å²) in [7, 11) is 7.56. The van der Waals surface area contributed by atoms with Crippen molar-refractivity contribution in [1.82, 2.24) is 0 Å². The fourth-order valence-electron chi connectivity index (χ4n) is 1.17. The standard InChI is InChI=1S/C11H18NO3.HI/c1-8(12(2,3)4)9-6-7-10(15-9)11(13)14-5;/h6-8H,1-5H3;1H/q+1;/p-1. The first-order valence-electron chi connectivity index (χ1n) is 4.85. The highest BCUT2D eigenvalue weighted by Gasteiger charge is 2.24. The Kier molecular flexibility index (Phi) is 5.48. The van der Waals surface area contributed by atoms with Crippen LogP contribution in [-0.2, 0) is 4.74 Å². The van der Waals surface area contributed by atoms with Crippen molar-refractivity contribution >= 4 is 5.97 Å². The molecule has 0 saturated heterocycles. The molecular weight excluding hydrogens is 321 g/mol. The van der Waals surface area contributed by atoms with Crippen molar-refractivity contribution in [2.24, 2.45) is 0 Å². The molecule has 4 nitrogen and oxygen atoms in total. The third kappa shape index (κ3) is 3.48. The average Bonchev–Trinajstić information content (AvgIpc) is 2.62. The molecule has 0 amide bonds. The Hall–Kier alpha value is -0.560. The molecule has 0 saturated carbocycles. The van der Waals surface area contributed by atoms with Crippen LogP contribution in [0.5, 0.6) is 0 Å². The molecule has 0 bridgehead atoms. The van der Waals surface area contributed by atoms with Crippen LogP contribution in [0.2, 0.25) is 0 Å². The van der Waals surface area contributed by atoms with Crippen molar-refractivity contribution in [3.63, 3.8) is 0 Å². The number of carbonyl (C=O) groups is 1. The molecule has 1 aromatic heterocycles. The van der Waals surface area contributed by atoms with Crippen molar-refractivity contribution < 1.29 is 42.4 Å². The monoisotopic (exact) mass is 339 g/mol. The summed E-state index contributed by atoms with van der Waals surface area (Å²) in [6.45, 7) is 2.06. The van der Waals surface area contributed by atoms with E-state index in [1.165, 1.54) is 7.11 Å². The fourth-order valence-corrected chi connectivity index (χ4v) is 1.17. The van der Waals surface area contributed by atoms with Gasteiger partial charge in [-0.15, -0.1) is 0 Å². The molecular formula is C11H18INO3. The van der Waals surface area contributed by atoms with Crippen molar-refractivity contribution in [3.05, 3.63) is 23.7 Å². The van der Waals surface area contributed by atoms with E-state index in [0.717, 1.165) is 10.2 Å². The smallest absolute Gasteiger partial charge is 0.373 e. The molecule has 16 heavy (non-hydrogen) atoms. The van der Waals surface area contributed by atoms with Crippen molar-refractivity contribution in [2.45, 2.75) is 13.0 Å². The molecule has 5 heteroatoms. The van der Waals surface area contributed by atoms with E-state index in [4.69, 9.17) is 4.42 Å². The zero-order valence-corrected chi connectivity index (χ0v) is 12.4. The number of nitrogens with zero attached hydrogens (tertiary/aromatic N) is 1. The molecule has 1 atom stereocenters. The van der Waals surface area contributed by atoms with Gasteiger partial charge in [0.2, 0.25) is 5.76 Å². The summed E-state index contributed by atoms with van der Waals surface area (Å²) in [5.74, 6) is 0.616. The van der Waals surface area contributed by atoms with E-state index < -0.39 is 5.97 Å². The molecule has 1 unspecified atom stereocenters. The van der Waals surface area contributed by atoms with E-state index in [1.807, 2.05) is 6.07 Å². The van der Waals surface area contributed by atoms with Gasteiger partial charge in [-0.3, -0.25) is 0 Å². The number of hydrogen-bond acceptors (Lipinski definition) is 3. The summed E-state index contributed by atoms with van der Waals surface area (Å²) >= 11 is 0. The van der Waals surface area contributed by atoms with Gasteiger partial charge in [0.15, 0.2) is 5.76 Å². The molecule has 92 valence electrons. The summed E-state index contributed by atoms with van der Waals surface area (Å²) in [6, 6.07) is 3.66. The second-order valence-corrected chi connectivity index (χ2v) is 4.49. The van der Waals surface area contributed by atoms with Crippen LogP contribution in [0.3, 0.4) is 0 Å². The fraction of sp³-hybridized carbons (Fsp3) is 0.545. The van der Waals surface area contributed by atoms with Crippen molar-refractivity contribution in [2.75, 3.05) is 28.3 Å². The number of furan rings is 1. The normalized spacial score (nSPS) is 12.8. The van der Waals surface area contributed by atoms with Gasteiger partial charge in [0.05, 0.1) is 28.3 Å². The van der Waals surface area contributed by atoms with Gasteiger partial charge in [0.25, 0.3) is 0 Å². The Morgan fingerprint density at radius 3 is 2.38 bits per heavy atom. The van der Waals surface area contributed by atoms with E-state index in [9.17, 15) is 4.79 Å². The van der Waals surface area contributed by atoms with E-state index in [0.29, 0.717) is 0 Å². The Bertz CT molecular complexity index is 354. The third-order valence-corrected chi connectivity index (χ3v) is 2.59. The number of rotatable bonds is 3. The van der Waals surface area contributed by atoms with Crippen LogP contribution < -0.4 is 24.0 Å². The van der Waals surface area contributed by atoms with Gasteiger partial charge < -0.3 is 37.6 Å². The van der Waals surface area contributed by atoms with E-state index in [-0.39, 0.29) is 35.8 Å². The number of methoxy groups -OCH3 is 1. The van der Waals surface area contributed by atoms with Gasteiger partial charge in [-0.1, -0.05) is 0 Å². The van der Waals surface area contributed by atoms with Crippen LogP contribution in [-0.4, -0.2) is 38.7 Å². The molecule has 0 spiro atoms. The lowest BCUT2D eigenvalue weighted by atomic mass is 10.2. The maximum atomic E-state index is 11.2. The third-order valence-electron chi connectivity index (χ3n) is 2.59. The Morgan fingerprint density at radius 1 is 1.38 bits per heavy atom. The van der Waals surface area contributed by atoms with Crippen molar-refractivity contribution in [1.29, 1.82) is 0 Å². The van der Waals surface area contributed by atoms with Gasteiger partial charge in [-0.2, -0.15) is 0 Å². The largest absolute Gasteiger partial charge is 1.00 e. The van der Waals surface area contributed by atoms with E-state index >= 15 is 0 Å². The number of carbonyl (C=O) groups excluding carboxylic acids is 1. The molecule has 1 heterocycles. The average molecular weight is 339 g/mol. The lowest BCUT2D eigenvalue weighted by Gasteiger charge is -2.29. The SMILES string of the molecule is COC(=O)c1ccc(C(C)[N+](C)(C)C)o1.[I-]. The predicted octanol–water partition coefficient (Wildman–Crippen LogP) is -1.16. The molecule has 0 aliphatic carbocycles. The number of ether oxygens (including phenoxy) is 1. The maximum absolute atomic E-state index is 11.2. The second kappa shape index (κ2) is 5.67. The molecule has 1 aromatic rings. The van der Waals surface area contributed by atoms with Crippen LogP contribution in [0.15, 0.2) is 16.5 Å². The van der Waals surface area contributed by atoms with Gasteiger partial charge >= 0.3 is 5.97 Å². The lowest BCUT2D eigenvalue weighted by molar-refractivity contribution is -0.901. The van der Waals surface area contributed by atoms with Crippen LogP contribution >= 0.6 is 0 Å². The Labute approximate surface area is 113 Å². The van der Waals surface area contributed by atoms with Crippen LogP contribution in [0.25, 0.3) is 0 Å². The van der Waals surface area contributed by atoms with Crippen LogP contribution in [0, 0.1) is 0 Å². The number of esters is 1. The van der Waals surface area contributed by atoms with Crippen LogP contribution in [0.4, 0.5) is 0 Å². The zero-order valence-electron chi connectivity index (χ0n) is 10.3. The van der Waals surface area contributed by atoms with Gasteiger partial charge in [0.1, 0.15) is 6.04 Å². The van der Waals surface area contributed by atoms with Crippen LogP contribution in [0.1, 0.15) is 29.3 Å². The summed E-state index contributed by atoms with van der Waals surface area (Å²) in [6.07, 6.45) is 0. The molecule has 0 aromatic carbocycles. The summed E-state index contributed by atoms with van der Waals surface area (Å²) < 4.78 is 10.8. The van der Waals surface area contributed by atoms with E-state index in [1.54, 1.807) is 6.07 Å². The highest BCUT2D eigenvalue weighted by atomic mass is 127. The molecule has 0 aliphatic heterocycles. The number of quaternary nitrogens is 1. The Balaban J connectivity index is 0.00000225. The Morgan fingerprint density at radius 2 is 1.94 bits per heavy atom. The zero-order chi connectivity index (χ0) is 11.6. The minimum absolute atomic E-state index is 0. The first-order chi connectivity index (χ1) is 6.86.